The molecule has 1 aliphatic heterocycles. The minimum Gasteiger partial charge on any atom is -0.326 e. The van der Waals surface area contributed by atoms with Crippen molar-refractivity contribution in [2.24, 2.45) is 5.92 Å². The molecule has 16 heavy (non-hydrogen) atoms. The third kappa shape index (κ3) is 1.82. The van der Waals surface area contributed by atoms with Crippen molar-refractivity contribution >= 4 is 23.2 Å². The topological polar surface area (TPSA) is 29.1 Å². The third-order valence-corrected chi connectivity index (χ3v) is 3.99. The first-order chi connectivity index (χ1) is 7.74. The second-order valence-electron chi connectivity index (χ2n) is 4.70. The number of carbonyl (C=O) groups is 1. The molecule has 84 valence electrons. The van der Waals surface area contributed by atoms with E-state index in [2.05, 4.69) is 11.4 Å². The summed E-state index contributed by atoms with van der Waals surface area (Å²) >= 11 is 6.39. The Morgan fingerprint density at radius 3 is 2.88 bits per heavy atom. The van der Waals surface area contributed by atoms with Crippen molar-refractivity contribution < 1.29 is 4.79 Å². The molecule has 0 saturated heterocycles. The molecule has 0 aromatic heterocycles. The smallest absolute Gasteiger partial charge is 0.224 e. The average molecular weight is 236 g/mol. The molecule has 1 N–H and O–H groups in total. The quantitative estimate of drug-likeness (QED) is 0.784. The van der Waals surface area contributed by atoms with Crippen LogP contribution in [0.5, 0.6) is 0 Å². The van der Waals surface area contributed by atoms with E-state index in [1.165, 1.54) is 24.0 Å². The van der Waals surface area contributed by atoms with E-state index in [1.54, 1.807) is 0 Å². The molecule has 0 bridgehead atoms. The van der Waals surface area contributed by atoms with E-state index in [4.69, 9.17) is 11.6 Å². The lowest BCUT2D eigenvalue weighted by Crippen LogP contribution is -2.19. The zero-order valence-corrected chi connectivity index (χ0v) is 9.76. The SMILES string of the molecule is O=C1CCc2cc(C(Cl)C3CC3)ccc2N1. The molecular formula is C13H14ClNO. The maximum Gasteiger partial charge on any atom is 0.224 e. The first-order valence-corrected chi connectivity index (χ1v) is 6.24. The van der Waals surface area contributed by atoms with Crippen LogP contribution >= 0.6 is 11.6 Å². The number of benzene rings is 1. The number of fused-ring (bicyclic) bond motifs is 1. The van der Waals surface area contributed by atoms with Crippen molar-refractivity contribution in [2.45, 2.75) is 31.1 Å². The third-order valence-electron chi connectivity index (χ3n) is 3.38. The van der Waals surface area contributed by atoms with Crippen LogP contribution in [0.3, 0.4) is 0 Å². The standard InChI is InChI=1S/C13H14ClNO/c14-13(8-1-2-8)10-3-5-11-9(7-10)4-6-12(16)15-11/h3,5,7-8,13H,1-2,4,6H2,(H,15,16). The van der Waals surface area contributed by atoms with Crippen molar-refractivity contribution in [1.29, 1.82) is 0 Å². The fraction of sp³-hybridized carbons (Fsp3) is 0.462. The number of alkyl halides is 1. The molecule has 1 aromatic carbocycles. The van der Waals surface area contributed by atoms with E-state index in [-0.39, 0.29) is 11.3 Å². The summed E-state index contributed by atoms with van der Waals surface area (Å²) in [6.07, 6.45) is 3.93. The number of hydrogen-bond acceptors (Lipinski definition) is 1. The molecule has 1 fully saturated rings. The summed E-state index contributed by atoms with van der Waals surface area (Å²) in [6.45, 7) is 0. The van der Waals surface area contributed by atoms with Crippen LogP contribution in [-0.4, -0.2) is 5.91 Å². The van der Waals surface area contributed by atoms with Gasteiger partial charge in [0.2, 0.25) is 5.91 Å². The maximum absolute atomic E-state index is 11.2. The van der Waals surface area contributed by atoms with E-state index in [0.29, 0.717) is 12.3 Å². The molecule has 1 amide bonds. The van der Waals surface area contributed by atoms with Gasteiger partial charge in [0.05, 0.1) is 5.38 Å². The van der Waals surface area contributed by atoms with Crippen molar-refractivity contribution in [1.82, 2.24) is 0 Å². The van der Waals surface area contributed by atoms with Crippen LogP contribution in [0.15, 0.2) is 18.2 Å². The highest BCUT2D eigenvalue weighted by Crippen LogP contribution is 2.45. The Morgan fingerprint density at radius 1 is 1.31 bits per heavy atom. The van der Waals surface area contributed by atoms with Gasteiger partial charge >= 0.3 is 0 Å². The van der Waals surface area contributed by atoms with Gasteiger partial charge in [0, 0.05) is 12.1 Å². The van der Waals surface area contributed by atoms with Crippen LogP contribution in [0.1, 0.15) is 35.8 Å². The van der Waals surface area contributed by atoms with Crippen molar-refractivity contribution in [3.8, 4) is 0 Å². The lowest BCUT2D eigenvalue weighted by Gasteiger charge is -2.19. The number of rotatable bonds is 2. The summed E-state index contributed by atoms with van der Waals surface area (Å²) in [5, 5.41) is 3.04. The molecule has 0 radical (unpaired) electrons. The van der Waals surface area contributed by atoms with E-state index >= 15 is 0 Å². The van der Waals surface area contributed by atoms with Crippen molar-refractivity contribution in [3.05, 3.63) is 29.3 Å². The van der Waals surface area contributed by atoms with E-state index in [9.17, 15) is 4.79 Å². The average Bonchev–Trinajstić information content (AvgIpc) is 3.11. The zero-order valence-electron chi connectivity index (χ0n) is 9.00. The number of carbonyl (C=O) groups excluding carboxylic acids is 1. The Hall–Kier alpha value is -1.02. The lowest BCUT2D eigenvalue weighted by molar-refractivity contribution is -0.116. The van der Waals surface area contributed by atoms with E-state index in [1.807, 2.05) is 12.1 Å². The molecular weight excluding hydrogens is 222 g/mol. The van der Waals surface area contributed by atoms with Crippen LogP contribution in [0.2, 0.25) is 0 Å². The molecule has 2 nitrogen and oxygen atoms in total. The van der Waals surface area contributed by atoms with Gasteiger partial charge in [-0.1, -0.05) is 12.1 Å². The van der Waals surface area contributed by atoms with Crippen LogP contribution < -0.4 is 5.32 Å². The molecule has 2 aliphatic rings. The number of aryl methyl sites for hydroxylation is 1. The van der Waals surface area contributed by atoms with Gasteiger partial charge < -0.3 is 5.32 Å². The van der Waals surface area contributed by atoms with Crippen molar-refractivity contribution in [2.75, 3.05) is 5.32 Å². The van der Waals surface area contributed by atoms with Crippen LogP contribution in [-0.2, 0) is 11.2 Å². The van der Waals surface area contributed by atoms with Gasteiger partial charge in [-0.25, -0.2) is 0 Å². The predicted octanol–water partition coefficient (Wildman–Crippen LogP) is 3.26. The highest BCUT2D eigenvalue weighted by atomic mass is 35.5. The summed E-state index contributed by atoms with van der Waals surface area (Å²) < 4.78 is 0. The molecule has 1 atom stereocenters. The zero-order chi connectivity index (χ0) is 11.1. The Morgan fingerprint density at radius 2 is 2.12 bits per heavy atom. The Kier molecular flexibility index (Phi) is 2.40. The van der Waals surface area contributed by atoms with E-state index < -0.39 is 0 Å². The molecule has 1 aliphatic carbocycles. The summed E-state index contributed by atoms with van der Waals surface area (Å²) in [4.78, 5) is 11.2. The fourth-order valence-corrected chi connectivity index (χ4v) is 2.62. The van der Waals surface area contributed by atoms with Gasteiger partial charge in [-0.15, -0.1) is 11.6 Å². The normalized spacial score (nSPS) is 21.2. The monoisotopic (exact) mass is 235 g/mol. The van der Waals surface area contributed by atoms with Gasteiger partial charge in [0.25, 0.3) is 0 Å². The van der Waals surface area contributed by atoms with Crippen LogP contribution in [0.25, 0.3) is 0 Å². The minimum absolute atomic E-state index is 0.116. The fourth-order valence-electron chi connectivity index (χ4n) is 2.24. The first kappa shape index (κ1) is 10.2. The summed E-state index contributed by atoms with van der Waals surface area (Å²) in [6, 6.07) is 6.19. The molecule has 3 rings (SSSR count). The second-order valence-corrected chi connectivity index (χ2v) is 5.17. The summed E-state index contributed by atoms with van der Waals surface area (Å²) in [5.74, 6) is 0.780. The maximum atomic E-state index is 11.2. The number of amides is 1. The Balaban J connectivity index is 1.89. The largest absolute Gasteiger partial charge is 0.326 e. The van der Waals surface area contributed by atoms with Crippen LogP contribution in [0, 0.1) is 5.92 Å². The van der Waals surface area contributed by atoms with Crippen molar-refractivity contribution in [3.63, 3.8) is 0 Å². The number of nitrogens with one attached hydrogen (secondary N) is 1. The van der Waals surface area contributed by atoms with Crippen LogP contribution in [0.4, 0.5) is 5.69 Å². The number of hydrogen-bond donors (Lipinski definition) is 1. The second kappa shape index (κ2) is 3.77. The molecule has 1 heterocycles. The minimum atomic E-state index is 0.116. The highest BCUT2D eigenvalue weighted by Gasteiger charge is 2.31. The highest BCUT2D eigenvalue weighted by molar-refractivity contribution is 6.21. The van der Waals surface area contributed by atoms with Gasteiger partial charge in [-0.2, -0.15) is 0 Å². The summed E-state index contributed by atoms with van der Waals surface area (Å²) in [7, 11) is 0. The first-order valence-electron chi connectivity index (χ1n) is 5.81. The van der Waals surface area contributed by atoms with Gasteiger partial charge in [0.15, 0.2) is 0 Å². The molecule has 1 unspecified atom stereocenters. The van der Waals surface area contributed by atoms with Gasteiger partial charge in [-0.3, -0.25) is 4.79 Å². The Bertz CT molecular complexity index is 440. The Labute approximate surface area is 100.0 Å². The van der Waals surface area contributed by atoms with E-state index in [0.717, 1.165) is 12.1 Å². The van der Waals surface area contributed by atoms with Gasteiger partial charge in [-0.05, 0) is 42.4 Å². The summed E-state index contributed by atoms with van der Waals surface area (Å²) in [5.41, 5.74) is 3.39. The molecule has 3 heteroatoms. The molecule has 1 aromatic rings. The number of halogens is 1. The predicted molar refractivity (Wildman–Crippen MR) is 64.7 cm³/mol. The number of anilines is 1. The molecule has 0 spiro atoms. The lowest BCUT2D eigenvalue weighted by atomic mass is 9.98. The molecule has 1 saturated carbocycles. The van der Waals surface area contributed by atoms with Gasteiger partial charge in [0.1, 0.15) is 0 Å².